The van der Waals surface area contributed by atoms with Crippen molar-refractivity contribution in [2.45, 2.75) is 63.7 Å². The summed E-state index contributed by atoms with van der Waals surface area (Å²) in [7, 11) is 0. The van der Waals surface area contributed by atoms with Crippen LogP contribution in [0.4, 0.5) is 0 Å². The minimum Gasteiger partial charge on any atom is -0.357 e. The monoisotopic (exact) mass is 340 g/mol. The van der Waals surface area contributed by atoms with Crippen molar-refractivity contribution in [1.29, 1.82) is 0 Å². The third-order valence-electron chi connectivity index (χ3n) is 4.40. The van der Waals surface area contributed by atoms with E-state index in [0.29, 0.717) is 6.04 Å². The summed E-state index contributed by atoms with van der Waals surface area (Å²) in [5.41, 5.74) is 0. The highest BCUT2D eigenvalue weighted by Gasteiger charge is 2.28. The first-order valence-electron chi connectivity index (χ1n) is 8.97. The number of carbonyl (C=O) groups excluding carboxylic acids is 1. The van der Waals surface area contributed by atoms with Crippen molar-refractivity contribution in [2.24, 2.45) is 4.99 Å². The second kappa shape index (κ2) is 8.81. The van der Waals surface area contributed by atoms with Crippen molar-refractivity contribution in [3.63, 3.8) is 0 Å². The SMILES string of the molecule is CCNC(=NCC(=O)NC1CCCCC1)N1CCSC(C)(C)C1. The molecule has 0 aromatic rings. The van der Waals surface area contributed by atoms with Gasteiger partial charge in [0.15, 0.2) is 5.96 Å². The first-order valence-corrected chi connectivity index (χ1v) is 9.95. The van der Waals surface area contributed by atoms with Gasteiger partial charge in [-0.25, -0.2) is 4.99 Å². The molecule has 1 amide bonds. The maximum absolute atomic E-state index is 12.2. The number of thioether (sulfide) groups is 1. The van der Waals surface area contributed by atoms with Crippen LogP contribution < -0.4 is 10.6 Å². The Kier molecular flexibility index (Phi) is 7.06. The number of carbonyl (C=O) groups is 1. The van der Waals surface area contributed by atoms with Crippen LogP contribution in [0.1, 0.15) is 52.9 Å². The molecular weight excluding hydrogens is 308 g/mol. The first kappa shape index (κ1) is 18.4. The lowest BCUT2D eigenvalue weighted by Gasteiger charge is -2.39. The van der Waals surface area contributed by atoms with Crippen LogP contribution in [-0.4, -0.2) is 59.5 Å². The van der Waals surface area contributed by atoms with E-state index in [9.17, 15) is 4.79 Å². The van der Waals surface area contributed by atoms with Crippen LogP contribution in [0.2, 0.25) is 0 Å². The van der Waals surface area contributed by atoms with Gasteiger partial charge in [-0.2, -0.15) is 11.8 Å². The fourth-order valence-electron chi connectivity index (χ4n) is 3.29. The summed E-state index contributed by atoms with van der Waals surface area (Å²) >= 11 is 2.00. The van der Waals surface area contributed by atoms with Crippen LogP contribution in [0.5, 0.6) is 0 Å². The van der Waals surface area contributed by atoms with Gasteiger partial charge in [0, 0.05) is 36.2 Å². The Balaban J connectivity index is 1.88. The highest BCUT2D eigenvalue weighted by Crippen LogP contribution is 2.29. The molecule has 6 heteroatoms. The number of guanidine groups is 1. The molecule has 0 unspecified atom stereocenters. The number of rotatable bonds is 4. The lowest BCUT2D eigenvalue weighted by Crippen LogP contribution is -2.51. The fraction of sp³-hybridized carbons (Fsp3) is 0.882. The molecule has 0 aromatic heterocycles. The van der Waals surface area contributed by atoms with E-state index in [1.807, 2.05) is 11.8 Å². The minimum absolute atomic E-state index is 0.0537. The Hall–Kier alpha value is -0.910. The Bertz CT molecular complexity index is 419. The van der Waals surface area contributed by atoms with E-state index in [2.05, 4.69) is 41.3 Å². The number of hydrogen-bond donors (Lipinski definition) is 2. The zero-order valence-electron chi connectivity index (χ0n) is 14.9. The summed E-state index contributed by atoms with van der Waals surface area (Å²) in [4.78, 5) is 19.0. The molecule has 0 aromatic carbocycles. The highest BCUT2D eigenvalue weighted by molar-refractivity contribution is 8.00. The number of nitrogens with zero attached hydrogens (tertiary/aromatic N) is 2. The average molecular weight is 341 g/mol. The third-order valence-corrected chi connectivity index (χ3v) is 5.70. The summed E-state index contributed by atoms with van der Waals surface area (Å²) < 4.78 is 0.235. The molecule has 1 aliphatic heterocycles. The van der Waals surface area contributed by atoms with Gasteiger partial charge in [-0.3, -0.25) is 4.79 Å². The van der Waals surface area contributed by atoms with E-state index in [4.69, 9.17) is 0 Å². The van der Waals surface area contributed by atoms with Crippen molar-refractivity contribution in [3.8, 4) is 0 Å². The lowest BCUT2D eigenvalue weighted by molar-refractivity contribution is -0.120. The quantitative estimate of drug-likeness (QED) is 0.609. The number of nitrogens with one attached hydrogen (secondary N) is 2. The summed E-state index contributed by atoms with van der Waals surface area (Å²) in [6.07, 6.45) is 6.01. The zero-order valence-corrected chi connectivity index (χ0v) is 15.7. The average Bonchev–Trinajstić information content (AvgIpc) is 2.51. The molecule has 0 bridgehead atoms. The summed E-state index contributed by atoms with van der Waals surface area (Å²) in [5, 5.41) is 6.47. The highest BCUT2D eigenvalue weighted by atomic mass is 32.2. The van der Waals surface area contributed by atoms with Crippen molar-refractivity contribution < 1.29 is 4.79 Å². The first-order chi connectivity index (χ1) is 11.0. The summed E-state index contributed by atoms with van der Waals surface area (Å²) in [6, 6.07) is 0.361. The van der Waals surface area contributed by atoms with Gasteiger partial charge in [-0.05, 0) is 33.6 Å². The molecule has 0 spiro atoms. The molecule has 5 nitrogen and oxygen atoms in total. The van der Waals surface area contributed by atoms with Gasteiger partial charge in [0.2, 0.25) is 5.91 Å². The standard InChI is InChI=1S/C17H32N4OS/c1-4-18-16(21-10-11-23-17(2,3)13-21)19-12-15(22)20-14-8-6-5-7-9-14/h14H,4-13H2,1-3H3,(H,18,19)(H,20,22). The smallest absolute Gasteiger partial charge is 0.242 e. The molecule has 1 saturated carbocycles. The molecule has 2 rings (SSSR count). The van der Waals surface area contributed by atoms with Crippen molar-refractivity contribution in [2.75, 3.05) is 31.9 Å². The van der Waals surface area contributed by atoms with Gasteiger partial charge in [0.05, 0.1) is 0 Å². The second-order valence-corrected chi connectivity index (χ2v) is 8.90. The normalized spacial score (nSPS) is 22.7. The largest absolute Gasteiger partial charge is 0.357 e. The molecule has 1 heterocycles. The van der Waals surface area contributed by atoms with Crippen LogP contribution in [-0.2, 0) is 4.79 Å². The van der Waals surface area contributed by atoms with E-state index in [1.165, 1.54) is 19.3 Å². The second-order valence-electron chi connectivity index (χ2n) is 7.10. The van der Waals surface area contributed by atoms with E-state index in [-0.39, 0.29) is 17.2 Å². The number of hydrogen-bond acceptors (Lipinski definition) is 3. The van der Waals surface area contributed by atoms with Crippen molar-refractivity contribution >= 4 is 23.6 Å². The Morgan fingerprint density at radius 2 is 2.04 bits per heavy atom. The molecule has 2 N–H and O–H groups in total. The van der Waals surface area contributed by atoms with Gasteiger partial charge >= 0.3 is 0 Å². The molecule has 1 aliphatic carbocycles. The number of aliphatic imine (C=N–C) groups is 1. The fourth-order valence-corrected chi connectivity index (χ4v) is 4.40. The molecule has 0 radical (unpaired) electrons. The van der Waals surface area contributed by atoms with Crippen molar-refractivity contribution in [1.82, 2.24) is 15.5 Å². The van der Waals surface area contributed by atoms with Crippen LogP contribution >= 0.6 is 11.8 Å². The lowest BCUT2D eigenvalue weighted by atomic mass is 9.95. The van der Waals surface area contributed by atoms with Gasteiger partial charge in [0.25, 0.3) is 0 Å². The van der Waals surface area contributed by atoms with E-state index in [1.54, 1.807) is 0 Å². The van der Waals surface area contributed by atoms with Crippen LogP contribution in [0.3, 0.4) is 0 Å². The van der Waals surface area contributed by atoms with Gasteiger partial charge in [-0.1, -0.05) is 19.3 Å². The molecular formula is C17H32N4OS. The summed E-state index contributed by atoms with van der Waals surface area (Å²) in [6.45, 7) is 9.61. The predicted octanol–water partition coefficient (Wildman–Crippen LogP) is 2.23. The molecule has 132 valence electrons. The van der Waals surface area contributed by atoms with Crippen molar-refractivity contribution in [3.05, 3.63) is 0 Å². The molecule has 23 heavy (non-hydrogen) atoms. The van der Waals surface area contributed by atoms with Crippen LogP contribution in [0.15, 0.2) is 4.99 Å². The van der Waals surface area contributed by atoms with Gasteiger partial charge in [-0.15, -0.1) is 0 Å². The topological polar surface area (TPSA) is 56.7 Å². The minimum atomic E-state index is 0.0537. The van der Waals surface area contributed by atoms with E-state index >= 15 is 0 Å². The summed E-state index contributed by atoms with van der Waals surface area (Å²) in [5.74, 6) is 2.03. The Morgan fingerprint density at radius 3 is 2.70 bits per heavy atom. The maximum atomic E-state index is 12.2. The Labute approximate surface area is 145 Å². The number of amides is 1. The molecule has 2 aliphatic rings. The molecule has 1 saturated heterocycles. The van der Waals surface area contributed by atoms with Gasteiger partial charge in [0.1, 0.15) is 6.54 Å². The van der Waals surface area contributed by atoms with Gasteiger partial charge < -0.3 is 15.5 Å². The zero-order chi connectivity index (χ0) is 16.7. The van der Waals surface area contributed by atoms with E-state index < -0.39 is 0 Å². The van der Waals surface area contributed by atoms with Crippen LogP contribution in [0.25, 0.3) is 0 Å². The van der Waals surface area contributed by atoms with E-state index in [0.717, 1.165) is 44.2 Å². The molecule has 0 atom stereocenters. The molecule has 2 fully saturated rings. The third kappa shape index (κ3) is 6.24. The predicted molar refractivity (Wildman–Crippen MR) is 99.1 cm³/mol. The maximum Gasteiger partial charge on any atom is 0.242 e. The van der Waals surface area contributed by atoms with Crippen LogP contribution in [0, 0.1) is 0 Å². The Morgan fingerprint density at radius 1 is 1.30 bits per heavy atom.